The van der Waals surface area contributed by atoms with Gasteiger partial charge in [-0.05, 0) is 69.1 Å². The lowest BCUT2D eigenvalue weighted by Gasteiger charge is -2.45. The van der Waals surface area contributed by atoms with Gasteiger partial charge in [0.05, 0.1) is 0 Å². The van der Waals surface area contributed by atoms with E-state index in [0.29, 0.717) is 5.41 Å². The number of piperidine rings is 2. The molecule has 1 N–H and O–H groups in total. The number of hydrogen-bond acceptors (Lipinski definition) is 2. The molecular formula is C18H28N2. The van der Waals surface area contributed by atoms with Crippen molar-refractivity contribution in [3.63, 3.8) is 0 Å². The van der Waals surface area contributed by atoms with Gasteiger partial charge in [-0.1, -0.05) is 30.3 Å². The molecule has 20 heavy (non-hydrogen) atoms. The monoisotopic (exact) mass is 272 g/mol. The van der Waals surface area contributed by atoms with Crippen LogP contribution in [0.4, 0.5) is 0 Å². The van der Waals surface area contributed by atoms with Crippen molar-refractivity contribution >= 4 is 0 Å². The van der Waals surface area contributed by atoms with E-state index in [2.05, 4.69) is 40.5 Å². The normalized spacial score (nSPS) is 27.8. The SMILES string of the molecule is c1ccc(CCCN2CCCC3(CCCNC3)C2)cc1. The number of aryl methyl sites for hydroxylation is 1. The number of benzene rings is 1. The van der Waals surface area contributed by atoms with E-state index in [0.717, 1.165) is 0 Å². The molecule has 1 aromatic carbocycles. The standard InChI is InChI=1S/C18H28N2/c1-2-7-17(8-3-1)9-4-13-20-14-6-11-18(16-20)10-5-12-19-15-18/h1-3,7-8,19H,4-6,9-16H2. The quantitative estimate of drug-likeness (QED) is 0.906. The van der Waals surface area contributed by atoms with E-state index >= 15 is 0 Å². The van der Waals surface area contributed by atoms with Gasteiger partial charge in [0.2, 0.25) is 0 Å². The fourth-order valence-corrected chi connectivity index (χ4v) is 4.03. The molecule has 1 unspecified atom stereocenters. The zero-order chi connectivity index (χ0) is 13.7. The Kier molecular flexibility index (Phi) is 4.74. The van der Waals surface area contributed by atoms with Crippen molar-refractivity contribution in [1.29, 1.82) is 0 Å². The van der Waals surface area contributed by atoms with Crippen LogP contribution in [-0.2, 0) is 6.42 Å². The number of nitrogens with one attached hydrogen (secondary N) is 1. The van der Waals surface area contributed by atoms with Gasteiger partial charge in [-0.25, -0.2) is 0 Å². The Labute approximate surface area is 123 Å². The minimum atomic E-state index is 0.600. The molecule has 1 atom stereocenters. The minimum absolute atomic E-state index is 0.600. The first-order chi connectivity index (χ1) is 9.86. The van der Waals surface area contributed by atoms with Crippen molar-refractivity contribution in [2.24, 2.45) is 5.41 Å². The molecule has 1 aromatic rings. The van der Waals surface area contributed by atoms with Crippen molar-refractivity contribution in [1.82, 2.24) is 10.2 Å². The van der Waals surface area contributed by atoms with Gasteiger partial charge in [0.25, 0.3) is 0 Å². The first-order valence-electron chi connectivity index (χ1n) is 8.33. The second-order valence-corrected chi connectivity index (χ2v) is 6.75. The van der Waals surface area contributed by atoms with E-state index in [1.807, 2.05) is 0 Å². The summed E-state index contributed by atoms with van der Waals surface area (Å²) in [6.07, 6.45) is 8.17. The maximum atomic E-state index is 3.62. The summed E-state index contributed by atoms with van der Waals surface area (Å²) in [4.78, 5) is 2.72. The maximum Gasteiger partial charge on any atom is 0.00502 e. The molecule has 3 rings (SSSR count). The molecule has 0 radical (unpaired) electrons. The van der Waals surface area contributed by atoms with Gasteiger partial charge in [0, 0.05) is 13.1 Å². The molecule has 110 valence electrons. The van der Waals surface area contributed by atoms with Crippen molar-refractivity contribution in [3.8, 4) is 0 Å². The van der Waals surface area contributed by atoms with Crippen LogP contribution in [0.5, 0.6) is 0 Å². The lowest BCUT2D eigenvalue weighted by Crippen LogP contribution is -2.51. The lowest BCUT2D eigenvalue weighted by molar-refractivity contribution is 0.0641. The predicted molar refractivity (Wildman–Crippen MR) is 85.0 cm³/mol. The van der Waals surface area contributed by atoms with Gasteiger partial charge in [0.15, 0.2) is 0 Å². The van der Waals surface area contributed by atoms with Crippen LogP contribution in [0.1, 0.15) is 37.7 Å². The third kappa shape index (κ3) is 3.62. The fourth-order valence-electron chi connectivity index (χ4n) is 4.03. The van der Waals surface area contributed by atoms with E-state index in [1.165, 1.54) is 76.8 Å². The zero-order valence-corrected chi connectivity index (χ0v) is 12.6. The molecule has 2 aliphatic heterocycles. The number of hydrogen-bond donors (Lipinski definition) is 1. The van der Waals surface area contributed by atoms with E-state index in [-0.39, 0.29) is 0 Å². The van der Waals surface area contributed by atoms with Crippen LogP contribution in [0.3, 0.4) is 0 Å². The molecule has 0 bridgehead atoms. The summed E-state index contributed by atoms with van der Waals surface area (Å²) in [5, 5.41) is 3.62. The average Bonchev–Trinajstić information content (AvgIpc) is 2.49. The van der Waals surface area contributed by atoms with Crippen LogP contribution >= 0.6 is 0 Å². The molecule has 0 amide bonds. The molecule has 2 heteroatoms. The molecule has 1 spiro atoms. The Bertz CT molecular complexity index is 390. The van der Waals surface area contributed by atoms with Crippen LogP contribution < -0.4 is 5.32 Å². The summed E-state index contributed by atoms with van der Waals surface area (Å²) < 4.78 is 0. The third-order valence-electron chi connectivity index (χ3n) is 5.08. The summed E-state index contributed by atoms with van der Waals surface area (Å²) in [6.45, 7) is 6.40. The predicted octanol–water partition coefficient (Wildman–Crippen LogP) is 3.08. The third-order valence-corrected chi connectivity index (χ3v) is 5.08. The summed E-state index contributed by atoms with van der Waals surface area (Å²) in [5.74, 6) is 0. The van der Waals surface area contributed by atoms with Crippen molar-refractivity contribution in [2.45, 2.75) is 38.5 Å². The summed E-state index contributed by atoms with van der Waals surface area (Å²) in [7, 11) is 0. The van der Waals surface area contributed by atoms with E-state index in [9.17, 15) is 0 Å². The molecule has 2 fully saturated rings. The molecule has 0 saturated carbocycles. The fraction of sp³-hybridized carbons (Fsp3) is 0.667. The summed E-state index contributed by atoms with van der Waals surface area (Å²) >= 11 is 0. The largest absolute Gasteiger partial charge is 0.316 e. The van der Waals surface area contributed by atoms with Crippen molar-refractivity contribution in [3.05, 3.63) is 35.9 Å². The van der Waals surface area contributed by atoms with Gasteiger partial charge in [-0.3, -0.25) is 0 Å². The van der Waals surface area contributed by atoms with Crippen LogP contribution in [0.2, 0.25) is 0 Å². The topological polar surface area (TPSA) is 15.3 Å². The summed E-state index contributed by atoms with van der Waals surface area (Å²) in [6, 6.07) is 10.9. The van der Waals surface area contributed by atoms with Gasteiger partial charge >= 0.3 is 0 Å². The Morgan fingerprint density at radius 3 is 2.75 bits per heavy atom. The molecule has 0 aromatic heterocycles. The Hall–Kier alpha value is -0.860. The van der Waals surface area contributed by atoms with Crippen LogP contribution in [0.25, 0.3) is 0 Å². The summed E-state index contributed by atoms with van der Waals surface area (Å²) in [5.41, 5.74) is 2.09. The molecule has 2 nitrogen and oxygen atoms in total. The van der Waals surface area contributed by atoms with Crippen LogP contribution in [0, 0.1) is 5.41 Å². The first kappa shape index (κ1) is 14.1. The second kappa shape index (κ2) is 6.73. The van der Waals surface area contributed by atoms with E-state index in [1.54, 1.807) is 0 Å². The minimum Gasteiger partial charge on any atom is -0.316 e. The molecular weight excluding hydrogens is 244 g/mol. The van der Waals surface area contributed by atoms with Gasteiger partial charge < -0.3 is 10.2 Å². The Balaban J connectivity index is 1.45. The Morgan fingerprint density at radius 2 is 1.95 bits per heavy atom. The van der Waals surface area contributed by atoms with Gasteiger partial charge in [-0.15, -0.1) is 0 Å². The molecule has 0 aliphatic carbocycles. The lowest BCUT2D eigenvalue weighted by atomic mass is 9.74. The van der Waals surface area contributed by atoms with Crippen molar-refractivity contribution in [2.75, 3.05) is 32.7 Å². The smallest absolute Gasteiger partial charge is 0.00502 e. The average molecular weight is 272 g/mol. The molecule has 2 saturated heterocycles. The highest BCUT2D eigenvalue weighted by Crippen LogP contribution is 2.35. The maximum absolute atomic E-state index is 3.62. The van der Waals surface area contributed by atoms with Crippen LogP contribution in [-0.4, -0.2) is 37.6 Å². The van der Waals surface area contributed by atoms with Gasteiger partial charge in [-0.2, -0.15) is 0 Å². The highest BCUT2D eigenvalue weighted by Gasteiger charge is 2.36. The van der Waals surface area contributed by atoms with E-state index < -0.39 is 0 Å². The van der Waals surface area contributed by atoms with Crippen molar-refractivity contribution < 1.29 is 0 Å². The Morgan fingerprint density at radius 1 is 1.10 bits per heavy atom. The van der Waals surface area contributed by atoms with Gasteiger partial charge in [0.1, 0.15) is 0 Å². The number of nitrogens with zero attached hydrogens (tertiary/aromatic N) is 1. The first-order valence-corrected chi connectivity index (χ1v) is 8.33. The number of rotatable bonds is 4. The highest BCUT2D eigenvalue weighted by atomic mass is 15.1. The second-order valence-electron chi connectivity index (χ2n) is 6.75. The number of likely N-dealkylation sites (tertiary alicyclic amines) is 1. The van der Waals surface area contributed by atoms with E-state index in [4.69, 9.17) is 0 Å². The zero-order valence-electron chi connectivity index (χ0n) is 12.6. The molecule has 2 aliphatic rings. The molecule has 2 heterocycles. The van der Waals surface area contributed by atoms with Crippen LogP contribution in [0.15, 0.2) is 30.3 Å². The highest BCUT2D eigenvalue weighted by molar-refractivity contribution is 5.14.